The Morgan fingerprint density at radius 3 is 2.79 bits per heavy atom. The Balaban J connectivity index is 1.39. The van der Waals surface area contributed by atoms with Gasteiger partial charge < -0.3 is 20.1 Å². The number of allylic oxidation sites excluding steroid dienone is 1. The van der Waals surface area contributed by atoms with Crippen molar-refractivity contribution < 1.29 is 14.3 Å². The lowest BCUT2D eigenvalue weighted by molar-refractivity contribution is 0.0679. The van der Waals surface area contributed by atoms with Gasteiger partial charge in [0.2, 0.25) is 0 Å². The number of nitrogens with one attached hydrogen (secondary N) is 2. The van der Waals surface area contributed by atoms with Crippen LogP contribution in [0.15, 0.2) is 35.9 Å². The van der Waals surface area contributed by atoms with Crippen LogP contribution in [0.1, 0.15) is 38.5 Å². The highest BCUT2D eigenvalue weighted by molar-refractivity contribution is 5.89. The zero-order valence-electron chi connectivity index (χ0n) is 14.1. The fourth-order valence-electron chi connectivity index (χ4n) is 3.03. The van der Waals surface area contributed by atoms with Gasteiger partial charge in [-0.1, -0.05) is 11.6 Å². The highest BCUT2D eigenvalue weighted by Crippen LogP contribution is 2.19. The van der Waals surface area contributed by atoms with Gasteiger partial charge in [-0.3, -0.25) is 0 Å². The van der Waals surface area contributed by atoms with Gasteiger partial charge in [0.1, 0.15) is 12.4 Å². The fourth-order valence-corrected chi connectivity index (χ4v) is 3.03. The van der Waals surface area contributed by atoms with Crippen LogP contribution in [-0.4, -0.2) is 31.9 Å². The van der Waals surface area contributed by atoms with Gasteiger partial charge in [-0.15, -0.1) is 0 Å². The van der Waals surface area contributed by atoms with Crippen molar-refractivity contribution in [1.29, 1.82) is 0 Å². The molecule has 2 N–H and O–H groups in total. The number of hydrogen-bond acceptors (Lipinski definition) is 3. The van der Waals surface area contributed by atoms with E-state index in [4.69, 9.17) is 9.47 Å². The second kappa shape index (κ2) is 8.73. The molecular weight excluding hydrogens is 304 g/mol. The van der Waals surface area contributed by atoms with Crippen molar-refractivity contribution >= 4 is 11.7 Å². The quantitative estimate of drug-likeness (QED) is 0.779. The van der Waals surface area contributed by atoms with E-state index in [9.17, 15) is 4.79 Å². The largest absolute Gasteiger partial charge is 0.491 e. The lowest BCUT2D eigenvalue weighted by atomic mass is 10.00. The van der Waals surface area contributed by atoms with Crippen LogP contribution in [0.5, 0.6) is 5.75 Å². The van der Waals surface area contributed by atoms with Crippen molar-refractivity contribution in [2.24, 2.45) is 0 Å². The molecule has 1 aliphatic heterocycles. The molecule has 1 fully saturated rings. The number of hydrogen-bond donors (Lipinski definition) is 2. The topological polar surface area (TPSA) is 59.6 Å². The summed E-state index contributed by atoms with van der Waals surface area (Å²) in [5, 5.41) is 5.76. The van der Waals surface area contributed by atoms with Crippen LogP contribution in [0.3, 0.4) is 0 Å². The summed E-state index contributed by atoms with van der Waals surface area (Å²) < 4.78 is 11.2. The van der Waals surface area contributed by atoms with Crippen LogP contribution in [0.4, 0.5) is 10.5 Å². The molecule has 1 aliphatic carbocycles. The van der Waals surface area contributed by atoms with E-state index >= 15 is 0 Å². The Bertz CT molecular complexity index is 562. The predicted molar refractivity (Wildman–Crippen MR) is 94.5 cm³/mol. The summed E-state index contributed by atoms with van der Waals surface area (Å²) >= 11 is 0. The average Bonchev–Trinajstić information content (AvgIpc) is 3.14. The predicted octanol–water partition coefficient (Wildman–Crippen LogP) is 3.87. The molecule has 24 heavy (non-hydrogen) atoms. The van der Waals surface area contributed by atoms with Crippen molar-refractivity contribution in [2.75, 3.05) is 25.1 Å². The molecular formula is C19H26N2O3. The number of urea groups is 1. The Morgan fingerprint density at radius 1 is 1.21 bits per heavy atom. The summed E-state index contributed by atoms with van der Waals surface area (Å²) in [6, 6.07) is 7.27. The summed E-state index contributed by atoms with van der Waals surface area (Å²) in [5.74, 6) is 0.795. The third kappa shape index (κ3) is 5.27. The van der Waals surface area contributed by atoms with E-state index in [-0.39, 0.29) is 12.1 Å². The molecule has 1 saturated heterocycles. The molecule has 0 spiro atoms. The van der Waals surface area contributed by atoms with Gasteiger partial charge in [0.15, 0.2) is 0 Å². The summed E-state index contributed by atoms with van der Waals surface area (Å²) in [6.45, 7) is 2.06. The summed E-state index contributed by atoms with van der Waals surface area (Å²) in [5.41, 5.74) is 2.09. The molecule has 130 valence electrons. The maximum atomic E-state index is 11.9. The minimum absolute atomic E-state index is 0.172. The Labute approximate surface area is 143 Å². The minimum Gasteiger partial charge on any atom is -0.491 e. The molecule has 1 aromatic rings. The van der Waals surface area contributed by atoms with E-state index in [0.29, 0.717) is 13.2 Å². The third-order valence-corrected chi connectivity index (χ3v) is 4.43. The number of carbonyl (C=O) groups excluding carboxylic acids is 1. The normalized spacial score (nSPS) is 20.3. The first-order valence-electron chi connectivity index (χ1n) is 8.87. The van der Waals surface area contributed by atoms with E-state index in [2.05, 4.69) is 16.7 Å². The van der Waals surface area contributed by atoms with E-state index in [1.807, 2.05) is 24.3 Å². The minimum atomic E-state index is -0.172. The standard InChI is InChI=1S/C19H26N2O3/c22-19(20-13-15-5-2-1-3-6-15)21-16-8-10-17(11-9-16)24-14-18-7-4-12-23-18/h5,8-11,18H,1-4,6-7,12-14H2,(H2,20,21,22)/t18-/m0/s1. The van der Waals surface area contributed by atoms with Crippen molar-refractivity contribution in [3.63, 3.8) is 0 Å². The van der Waals surface area contributed by atoms with Crippen LogP contribution in [0.25, 0.3) is 0 Å². The highest BCUT2D eigenvalue weighted by Gasteiger charge is 2.15. The second-order valence-corrected chi connectivity index (χ2v) is 6.39. The van der Waals surface area contributed by atoms with Gasteiger partial charge in [0.05, 0.1) is 6.10 Å². The number of anilines is 1. The molecule has 2 amide bonds. The SMILES string of the molecule is O=C(NCC1=CCCCC1)Nc1ccc(OC[C@@H]2CCCO2)cc1. The number of carbonyl (C=O) groups is 1. The smallest absolute Gasteiger partial charge is 0.319 e. The number of amides is 2. The van der Waals surface area contributed by atoms with Crippen LogP contribution in [0, 0.1) is 0 Å². The van der Waals surface area contributed by atoms with Crippen molar-refractivity contribution in [3.05, 3.63) is 35.9 Å². The van der Waals surface area contributed by atoms with E-state index in [1.165, 1.54) is 18.4 Å². The molecule has 2 aliphatic rings. The third-order valence-electron chi connectivity index (χ3n) is 4.43. The number of ether oxygens (including phenoxy) is 2. The van der Waals surface area contributed by atoms with Crippen molar-refractivity contribution in [1.82, 2.24) is 5.32 Å². The van der Waals surface area contributed by atoms with Crippen molar-refractivity contribution in [3.8, 4) is 5.75 Å². The molecule has 1 heterocycles. The van der Waals surface area contributed by atoms with Gasteiger partial charge in [0.25, 0.3) is 0 Å². The molecule has 0 radical (unpaired) electrons. The Kier molecular flexibility index (Phi) is 6.13. The zero-order valence-corrected chi connectivity index (χ0v) is 14.1. The number of benzene rings is 1. The molecule has 1 aromatic carbocycles. The van der Waals surface area contributed by atoms with Crippen LogP contribution >= 0.6 is 0 Å². The van der Waals surface area contributed by atoms with E-state index in [0.717, 1.165) is 43.7 Å². The first-order chi connectivity index (χ1) is 11.8. The van der Waals surface area contributed by atoms with Gasteiger partial charge in [-0.2, -0.15) is 0 Å². The first-order valence-corrected chi connectivity index (χ1v) is 8.87. The molecule has 0 saturated carbocycles. The molecule has 1 atom stereocenters. The summed E-state index contributed by atoms with van der Waals surface area (Å²) in [7, 11) is 0. The van der Waals surface area contributed by atoms with Gasteiger partial charge >= 0.3 is 6.03 Å². The fraction of sp³-hybridized carbons (Fsp3) is 0.526. The van der Waals surface area contributed by atoms with Gasteiger partial charge in [0, 0.05) is 18.8 Å². The van der Waals surface area contributed by atoms with E-state index < -0.39 is 0 Å². The van der Waals surface area contributed by atoms with Crippen molar-refractivity contribution in [2.45, 2.75) is 44.6 Å². The first kappa shape index (κ1) is 16.8. The molecule has 5 heteroatoms. The molecule has 0 bridgehead atoms. The average molecular weight is 330 g/mol. The van der Waals surface area contributed by atoms with Crippen LogP contribution < -0.4 is 15.4 Å². The van der Waals surface area contributed by atoms with E-state index in [1.54, 1.807) is 0 Å². The lowest BCUT2D eigenvalue weighted by Crippen LogP contribution is -2.30. The molecule has 0 unspecified atom stereocenters. The van der Waals surface area contributed by atoms with Gasteiger partial charge in [-0.05, 0) is 62.8 Å². The molecule has 0 aromatic heterocycles. The maximum absolute atomic E-state index is 11.9. The monoisotopic (exact) mass is 330 g/mol. The zero-order chi connectivity index (χ0) is 16.6. The lowest BCUT2D eigenvalue weighted by Gasteiger charge is -2.14. The summed E-state index contributed by atoms with van der Waals surface area (Å²) in [4.78, 5) is 11.9. The van der Waals surface area contributed by atoms with Gasteiger partial charge in [-0.25, -0.2) is 4.79 Å². The highest BCUT2D eigenvalue weighted by atomic mass is 16.5. The van der Waals surface area contributed by atoms with Crippen LogP contribution in [-0.2, 0) is 4.74 Å². The Morgan fingerprint density at radius 2 is 2.08 bits per heavy atom. The molecule has 3 rings (SSSR count). The Hall–Kier alpha value is -2.01. The maximum Gasteiger partial charge on any atom is 0.319 e. The van der Waals surface area contributed by atoms with Crippen LogP contribution in [0.2, 0.25) is 0 Å². The molecule has 5 nitrogen and oxygen atoms in total. The second-order valence-electron chi connectivity index (χ2n) is 6.39. The number of rotatable bonds is 6. The summed E-state index contributed by atoms with van der Waals surface area (Å²) in [6.07, 6.45) is 9.34.